The first-order valence-corrected chi connectivity index (χ1v) is 54.7. The summed E-state index contributed by atoms with van der Waals surface area (Å²) < 4.78 is 0. The second-order valence-corrected chi connectivity index (χ2v) is 60.8. The molecule has 0 radical (unpaired) electrons. The Hall–Kier alpha value is 4.42. The highest BCUT2D eigenvalue weighted by atomic mass is 33.5. The number of carbonyl (C=O) groups is 2. The minimum absolute atomic E-state index is 0. The maximum Gasteiger partial charge on any atom is 0.137 e. The Morgan fingerprint density at radius 2 is 0.811 bits per heavy atom. The van der Waals surface area contributed by atoms with Gasteiger partial charge < -0.3 is 20.4 Å². The van der Waals surface area contributed by atoms with E-state index in [2.05, 4.69) is 62.0 Å². The zero-order valence-corrected chi connectivity index (χ0v) is 61.1. The molecule has 74 heavy (non-hydrogen) atoms. The average molecular weight is 1490 g/mol. The minimum atomic E-state index is -0.589. The normalized spacial score (nSPS) is 37.8. The molecule has 6 fully saturated rings. The van der Waals surface area contributed by atoms with Crippen LogP contribution < -0.4 is 0 Å². The SMILES string of the molecule is C.C.C.C=C[C@]1(C)C[C@@H](O)[C@@]2(C)C3C(=O)CC[C@@]3(CC[C@H]2C)[C@@H](C)[C@@H]1O.CC[C@]1(C)C[C@@H](O)[C@@]2(C)C3C(=O)CC[C@@]3(CC[C@H]2C)[C@@H](C)[C@@H]1O.S=S=S=S=S=S=S=S=S=S=S=S=S=S=S=S=S=S=S=S=S=S=S=S=S. The van der Waals surface area contributed by atoms with Crippen LogP contribution in [0.5, 0.6) is 0 Å². The summed E-state index contributed by atoms with van der Waals surface area (Å²) in [5.41, 5.74) is -1.82. The van der Waals surface area contributed by atoms with Gasteiger partial charge in [-0.2, -0.15) is 0 Å². The maximum atomic E-state index is 12.9. The van der Waals surface area contributed by atoms with Gasteiger partial charge in [-0.15, -0.1) is 6.58 Å². The molecule has 31 heteroatoms. The zero-order chi connectivity index (χ0) is 52.7. The van der Waals surface area contributed by atoms with Gasteiger partial charge >= 0.3 is 0 Å². The van der Waals surface area contributed by atoms with Gasteiger partial charge in [0.1, 0.15) is 11.6 Å². The summed E-state index contributed by atoms with van der Waals surface area (Å²) in [5.74, 6) is 1.25. The van der Waals surface area contributed by atoms with Crippen LogP contribution in [0, 0.1) is 68.0 Å². The molecule has 4 bridgehead atoms. The lowest BCUT2D eigenvalue weighted by molar-refractivity contribution is -0.198. The van der Waals surface area contributed by atoms with Crippen LogP contribution >= 0.6 is 0 Å². The van der Waals surface area contributed by atoms with E-state index in [0.29, 0.717) is 49.1 Å². The molecule has 0 aromatic carbocycles. The number of hydrogen-bond acceptors (Lipinski definition) is 8. The fourth-order valence-electron chi connectivity index (χ4n) is 13.2. The Labute approximate surface area is 520 Å². The summed E-state index contributed by atoms with van der Waals surface area (Å²) >= 11 is 9.55. The average Bonchev–Trinajstić information content (AvgIpc) is 3.90. The Morgan fingerprint density at radius 3 is 1.11 bits per heavy atom. The van der Waals surface area contributed by atoms with Crippen LogP contribution in [0.15, 0.2) is 12.7 Å². The van der Waals surface area contributed by atoms with E-state index in [0.717, 1.165) is 44.9 Å². The van der Waals surface area contributed by atoms with E-state index in [-0.39, 0.29) is 67.6 Å². The summed E-state index contributed by atoms with van der Waals surface area (Å²) in [6.45, 7) is 23.1. The van der Waals surface area contributed by atoms with Gasteiger partial charge in [-0.1, -0.05) is 90.7 Å². The number of ketones is 2. The fourth-order valence-corrected chi connectivity index (χ4v) is 70.8. The molecule has 2 unspecified atom stereocenters. The third kappa shape index (κ3) is 18.2. The maximum absolute atomic E-state index is 12.9. The predicted octanol–water partition coefficient (Wildman–Crippen LogP) is 8.76. The Balaban J connectivity index is 0.000000544. The quantitative estimate of drug-likeness (QED) is 0.203. The van der Waals surface area contributed by atoms with Crippen LogP contribution in [0.3, 0.4) is 0 Å². The number of hydrogen-bond donors (Lipinski definition) is 4. The fraction of sp³-hybridized carbons (Fsp3) is 0.907. The molecule has 0 saturated heterocycles. The van der Waals surface area contributed by atoms with Crippen molar-refractivity contribution in [1.29, 1.82) is 0 Å². The van der Waals surface area contributed by atoms with E-state index >= 15 is 0 Å². The Morgan fingerprint density at radius 1 is 0.514 bits per heavy atom. The van der Waals surface area contributed by atoms with E-state index in [1.54, 1.807) is 124 Å². The lowest BCUT2D eigenvalue weighted by Gasteiger charge is -2.61. The topological polar surface area (TPSA) is 115 Å². The summed E-state index contributed by atoms with van der Waals surface area (Å²) in [5, 5.41) is 44.7. The molecule has 6 rings (SSSR count). The molecule has 436 valence electrons. The van der Waals surface area contributed by atoms with E-state index in [1.807, 2.05) is 75.2 Å². The second kappa shape index (κ2) is 36.4. The van der Waals surface area contributed by atoms with Crippen molar-refractivity contribution < 1.29 is 30.0 Å². The Kier molecular flexibility index (Phi) is 37.6. The molecule has 6 aliphatic carbocycles. The van der Waals surface area contributed by atoms with Crippen molar-refractivity contribution in [3.05, 3.63) is 12.7 Å². The molecule has 0 aromatic rings. The van der Waals surface area contributed by atoms with E-state index in [1.165, 1.54) is 17.8 Å². The lowest BCUT2D eigenvalue weighted by Crippen LogP contribution is -2.62. The monoisotopic (exact) mass is 1490 g/mol. The van der Waals surface area contributed by atoms with Crippen LogP contribution in [0.2, 0.25) is 0 Å². The number of carbonyl (C=O) groups excluding carboxylic acids is 2. The first kappa shape index (κ1) is 76.4. The minimum Gasteiger partial charge on any atom is -0.393 e. The summed E-state index contributed by atoms with van der Waals surface area (Å²) in [7, 11) is 40.0. The predicted molar refractivity (Wildman–Crippen MR) is 386 cm³/mol. The molecule has 6 nitrogen and oxygen atoms in total. The molecule has 0 heterocycles. The lowest BCUT2D eigenvalue weighted by atomic mass is 9.43. The van der Waals surface area contributed by atoms with Gasteiger partial charge in [0, 0.05) is 268 Å². The highest BCUT2D eigenvalue weighted by Gasteiger charge is 2.69. The van der Waals surface area contributed by atoms with Crippen molar-refractivity contribution in [1.82, 2.24) is 0 Å². The van der Waals surface area contributed by atoms with Crippen LogP contribution in [0.25, 0.3) is 0 Å². The second-order valence-electron chi connectivity index (χ2n) is 20.1. The van der Waals surface area contributed by atoms with Gasteiger partial charge in [-0.25, -0.2) is 0 Å². The largest absolute Gasteiger partial charge is 0.393 e. The van der Waals surface area contributed by atoms with E-state index in [4.69, 9.17) is 22.4 Å². The highest BCUT2D eigenvalue weighted by molar-refractivity contribution is 8.79. The molecule has 0 aromatic heterocycles. The van der Waals surface area contributed by atoms with Crippen molar-refractivity contribution in [3.63, 3.8) is 0 Å². The highest BCUT2D eigenvalue weighted by Crippen LogP contribution is 2.69. The molecule has 4 N–H and O–H groups in total. The van der Waals surface area contributed by atoms with Crippen LogP contribution in [-0.2, 0) is 236 Å². The summed E-state index contributed by atoms with van der Waals surface area (Å²) in [6, 6.07) is 0. The number of aliphatic hydroxyl groups excluding tert-OH is 4. The third-order valence-electron chi connectivity index (χ3n) is 17.7. The van der Waals surface area contributed by atoms with Crippen LogP contribution in [-0.4, -0.2) is 56.4 Å². The van der Waals surface area contributed by atoms with Gasteiger partial charge in [-0.3, -0.25) is 9.59 Å². The van der Waals surface area contributed by atoms with Crippen LogP contribution in [0.4, 0.5) is 0 Å². The smallest absolute Gasteiger partial charge is 0.137 e. The van der Waals surface area contributed by atoms with Gasteiger partial charge in [0.15, 0.2) is 0 Å². The van der Waals surface area contributed by atoms with Crippen molar-refractivity contribution in [3.8, 4) is 0 Å². The van der Waals surface area contributed by atoms with E-state index < -0.39 is 35.2 Å². The van der Waals surface area contributed by atoms with Crippen molar-refractivity contribution in [2.24, 2.45) is 68.0 Å². The number of Topliss-reactive ketones (excluding diaryl/α,β-unsaturated/α-hetero) is 2. The van der Waals surface area contributed by atoms with Crippen molar-refractivity contribution in [2.45, 2.75) is 180 Å². The molecule has 0 amide bonds. The van der Waals surface area contributed by atoms with Gasteiger partial charge in [0.25, 0.3) is 0 Å². The van der Waals surface area contributed by atoms with Gasteiger partial charge in [0.05, 0.1) is 24.4 Å². The molecular weight excluding hydrogens is 1410 g/mol. The molecule has 0 aliphatic heterocycles. The van der Waals surface area contributed by atoms with E-state index in [9.17, 15) is 30.0 Å². The standard InChI is InChI=1S/C20H34O3.C20H32O3.3CH4.S25/c2*1-6-18(4)11-15(22)19(5)12(2)7-9-20(13(3)17(18)23)10-8-14(21)16(19)20;;;;1-3-5-7-9-11-13-15-17-19-21-23-25-24-22-20-18-16-14-12-10-8-6-4-2/h12-13,15-17,22-23H,6-11H2,1-5H3;6,12-13,15-17,22-23H,1,7-11H2,2-5H3;3*1H4;/t2*12-,13+,15-,16?,17+,18-,19+,20+;;;;/m11..../s1. The van der Waals surface area contributed by atoms with Crippen LogP contribution in [0.1, 0.15) is 155 Å². The van der Waals surface area contributed by atoms with Gasteiger partial charge in [-0.05, 0) is 97.7 Å². The third-order valence-corrected chi connectivity index (χ3v) is 66.6. The first-order chi connectivity index (χ1) is 33.7. The zero-order valence-electron chi connectivity index (χ0n) is 40.6. The Bertz CT molecular complexity index is 2990. The first-order valence-electron chi connectivity index (χ1n) is 22.7. The molecule has 0 spiro atoms. The van der Waals surface area contributed by atoms with Crippen molar-refractivity contribution in [2.75, 3.05) is 0 Å². The number of aliphatic hydroxyl groups is 4. The summed E-state index contributed by atoms with van der Waals surface area (Å²) in [6.07, 6.45) is 8.67. The number of rotatable bonds is 2. The van der Waals surface area contributed by atoms with Crippen molar-refractivity contribution >= 4 is 238 Å². The molecule has 6 saturated carbocycles. The molecule has 6 aliphatic rings. The molecule has 16 atom stereocenters. The summed E-state index contributed by atoms with van der Waals surface area (Å²) in [4.78, 5) is 25.7. The molecular formula is C43H78O6S25. The van der Waals surface area contributed by atoms with Gasteiger partial charge in [0.2, 0.25) is 0 Å².